The maximum absolute atomic E-state index is 10.9. The zero-order valence-electron chi connectivity index (χ0n) is 7.22. The van der Waals surface area contributed by atoms with Gasteiger partial charge in [0.1, 0.15) is 5.78 Å². The minimum Gasteiger partial charge on any atom is -0.300 e. The molecule has 2 nitrogen and oxygen atoms in total. The molecule has 1 radical (unpaired) electrons. The second kappa shape index (κ2) is 6.08. The summed E-state index contributed by atoms with van der Waals surface area (Å²) in [7, 11) is 0. The Hall–Kier alpha value is -0.660. The average molecular weight is 155 g/mol. The lowest BCUT2D eigenvalue weighted by molar-refractivity contribution is -0.119. The first kappa shape index (κ1) is 10.3. The van der Waals surface area contributed by atoms with Crippen LogP contribution in [0, 0.1) is 5.92 Å². The van der Waals surface area contributed by atoms with Gasteiger partial charge in [-0.05, 0) is 12.8 Å². The standard InChI is InChI=1S/C9H15O2/c1-3-4-9(11)6-5-8(2)7-10/h8H,3-6H2,1-2H3. The number of rotatable bonds is 6. The van der Waals surface area contributed by atoms with Crippen LogP contribution in [0.4, 0.5) is 0 Å². The Morgan fingerprint density at radius 1 is 1.45 bits per heavy atom. The van der Waals surface area contributed by atoms with Gasteiger partial charge < -0.3 is 0 Å². The largest absolute Gasteiger partial charge is 0.300 e. The summed E-state index contributed by atoms with van der Waals surface area (Å²) in [5, 5.41) is 0. The van der Waals surface area contributed by atoms with Gasteiger partial charge >= 0.3 is 0 Å². The first-order valence-corrected chi connectivity index (χ1v) is 4.10. The van der Waals surface area contributed by atoms with Crippen molar-refractivity contribution >= 4 is 12.1 Å². The van der Waals surface area contributed by atoms with Crippen molar-refractivity contribution in [3.8, 4) is 0 Å². The molecule has 0 saturated carbocycles. The highest BCUT2D eigenvalue weighted by molar-refractivity contribution is 5.78. The van der Waals surface area contributed by atoms with Gasteiger partial charge in [-0.25, -0.2) is 0 Å². The van der Waals surface area contributed by atoms with Crippen LogP contribution < -0.4 is 0 Å². The third kappa shape index (κ3) is 5.77. The van der Waals surface area contributed by atoms with Crippen LogP contribution in [0.2, 0.25) is 0 Å². The normalized spacial score (nSPS) is 12.5. The summed E-state index contributed by atoms with van der Waals surface area (Å²) in [5.41, 5.74) is 0. The van der Waals surface area contributed by atoms with E-state index in [1.807, 2.05) is 13.2 Å². The number of carbonyl (C=O) groups excluding carboxylic acids is 2. The molecule has 1 unspecified atom stereocenters. The summed E-state index contributed by atoms with van der Waals surface area (Å²) >= 11 is 0. The van der Waals surface area contributed by atoms with Crippen molar-refractivity contribution in [2.24, 2.45) is 5.92 Å². The summed E-state index contributed by atoms with van der Waals surface area (Å²) in [4.78, 5) is 21.0. The predicted molar refractivity (Wildman–Crippen MR) is 44.0 cm³/mol. The number of hydrogen-bond acceptors (Lipinski definition) is 2. The highest BCUT2D eigenvalue weighted by atomic mass is 16.1. The van der Waals surface area contributed by atoms with Crippen LogP contribution in [0.15, 0.2) is 0 Å². The zero-order valence-corrected chi connectivity index (χ0v) is 7.22. The minimum absolute atomic E-state index is 0.0872. The molecule has 0 N–H and O–H groups in total. The molecule has 0 heterocycles. The van der Waals surface area contributed by atoms with Gasteiger partial charge in [0.25, 0.3) is 0 Å². The van der Waals surface area contributed by atoms with E-state index in [1.165, 1.54) is 0 Å². The van der Waals surface area contributed by atoms with Crippen molar-refractivity contribution in [1.82, 2.24) is 0 Å². The van der Waals surface area contributed by atoms with Crippen LogP contribution in [0.25, 0.3) is 0 Å². The zero-order chi connectivity index (χ0) is 8.69. The Kier molecular flexibility index (Phi) is 5.71. The lowest BCUT2D eigenvalue weighted by Crippen LogP contribution is -2.02. The lowest BCUT2D eigenvalue weighted by atomic mass is 10.0. The summed E-state index contributed by atoms with van der Waals surface area (Å²) in [6, 6.07) is 0. The van der Waals surface area contributed by atoms with E-state index in [9.17, 15) is 9.59 Å². The van der Waals surface area contributed by atoms with E-state index in [2.05, 4.69) is 0 Å². The Morgan fingerprint density at radius 2 is 2.09 bits per heavy atom. The maximum atomic E-state index is 10.9. The molecule has 0 aliphatic rings. The van der Waals surface area contributed by atoms with Crippen LogP contribution in [0.1, 0.15) is 39.5 Å². The molecule has 0 aromatic carbocycles. The van der Waals surface area contributed by atoms with Crippen molar-refractivity contribution < 1.29 is 9.59 Å². The third-order valence-corrected chi connectivity index (χ3v) is 1.59. The summed E-state index contributed by atoms with van der Waals surface area (Å²) in [5.74, 6) is 0.172. The van der Waals surface area contributed by atoms with E-state index in [0.29, 0.717) is 19.3 Å². The van der Waals surface area contributed by atoms with Gasteiger partial charge in [-0.2, -0.15) is 0 Å². The van der Waals surface area contributed by atoms with E-state index < -0.39 is 0 Å². The molecule has 1 atom stereocenters. The number of ketones is 1. The highest BCUT2D eigenvalue weighted by Crippen LogP contribution is 2.04. The molecule has 0 rings (SSSR count). The Labute approximate surface area is 68.0 Å². The molecule has 0 bridgehead atoms. The fourth-order valence-electron chi connectivity index (χ4n) is 0.840. The molecule has 63 valence electrons. The van der Waals surface area contributed by atoms with Crippen LogP contribution in [-0.4, -0.2) is 12.1 Å². The Morgan fingerprint density at radius 3 is 2.55 bits per heavy atom. The molecular weight excluding hydrogens is 140 g/mol. The SMILES string of the molecule is CCCC(=O)CCC(C)[C]=O. The van der Waals surface area contributed by atoms with Gasteiger partial charge in [0.05, 0.1) is 0 Å². The van der Waals surface area contributed by atoms with Crippen molar-refractivity contribution in [2.75, 3.05) is 0 Å². The molecule has 2 heteroatoms. The fraction of sp³-hybridized carbons (Fsp3) is 0.778. The average Bonchev–Trinajstić information content (AvgIpc) is 2.01. The molecule has 0 aliphatic carbocycles. The number of hydrogen-bond donors (Lipinski definition) is 0. The molecule has 0 amide bonds. The third-order valence-electron chi connectivity index (χ3n) is 1.59. The lowest BCUT2D eigenvalue weighted by Gasteiger charge is -2.00. The molecule has 0 spiro atoms. The van der Waals surface area contributed by atoms with Gasteiger partial charge in [-0.15, -0.1) is 0 Å². The van der Waals surface area contributed by atoms with E-state index in [-0.39, 0.29) is 11.7 Å². The van der Waals surface area contributed by atoms with Crippen molar-refractivity contribution in [2.45, 2.75) is 39.5 Å². The smallest absolute Gasteiger partial charge is 0.201 e. The molecule has 0 aromatic heterocycles. The molecule has 0 aromatic rings. The van der Waals surface area contributed by atoms with Gasteiger partial charge in [0.2, 0.25) is 6.29 Å². The van der Waals surface area contributed by atoms with Crippen LogP contribution in [-0.2, 0) is 9.59 Å². The van der Waals surface area contributed by atoms with Gasteiger partial charge in [-0.1, -0.05) is 13.8 Å². The second-order valence-corrected chi connectivity index (χ2v) is 2.85. The van der Waals surface area contributed by atoms with E-state index in [1.54, 1.807) is 6.92 Å². The minimum atomic E-state index is -0.0872. The number of Topliss-reactive ketones (excluding diaryl/α,β-unsaturated/α-hetero) is 1. The first-order valence-electron chi connectivity index (χ1n) is 4.10. The molecule has 11 heavy (non-hydrogen) atoms. The van der Waals surface area contributed by atoms with Gasteiger partial charge in [0, 0.05) is 18.8 Å². The summed E-state index contributed by atoms with van der Waals surface area (Å²) in [6.07, 6.45) is 4.59. The maximum Gasteiger partial charge on any atom is 0.201 e. The predicted octanol–water partition coefficient (Wildman–Crippen LogP) is 1.88. The summed E-state index contributed by atoms with van der Waals surface area (Å²) < 4.78 is 0. The number of carbonyl (C=O) groups is 1. The van der Waals surface area contributed by atoms with Crippen LogP contribution in [0.3, 0.4) is 0 Å². The monoisotopic (exact) mass is 155 g/mol. The topological polar surface area (TPSA) is 34.1 Å². The van der Waals surface area contributed by atoms with Crippen molar-refractivity contribution in [3.63, 3.8) is 0 Å². The highest BCUT2D eigenvalue weighted by Gasteiger charge is 2.04. The van der Waals surface area contributed by atoms with E-state index in [4.69, 9.17) is 0 Å². The van der Waals surface area contributed by atoms with Crippen LogP contribution in [0.5, 0.6) is 0 Å². The van der Waals surface area contributed by atoms with E-state index in [0.717, 1.165) is 6.42 Å². The van der Waals surface area contributed by atoms with Gasteiger partial charge in [-0.3, -0.25) is 9.59 Å². The first-order chi connectivity index (χ1) is 5.20. The Bertz CT molecular complexity index is 130. The van der Waals surface area contributed by atoms with Crippen molar-refractivity contribution in [3.05, 3.63) is 0 Å². The molecule has 0 fully saturated rings. The fourth-order valence-corrected chi connectivity index (χ4v) is 0.840. The molecule has 0 saturated heterocycles. The van der Waals surface area contributed by atoms with Crippen LogP contribution >= 0.6 is 0 Å². The Balaban J connectivity index is 3.37. The second-order valence-electron chi connectivity index (χ2n) is 2.85. The van der Waals surface area contributed by atoms with Gasteiger partial charge in [0.15, 0.2) is 0 Å². The molecule has 0 aliphatic heterocycles. The molecular formula is C9H15O2. The van der Waals surface area contributed by atoms with Crippen molar-refractivity contribution in [1.29, 1.82) is 0 Å². The summed E-state index contributed by atoms with van der Waals surface area (Å²) in [6.45, 7) is 3.76. The van der Waals surface area contributed by atoms with E-state index >= 15 is 0 Å². The quantitative estimate of drug-likeness (QED) is 0.587.